The first-order chi connectivity index (χ1) is 16.5. The summed E-state index contributed by atoms with van der Waals surface area (Å²) in [4.78, 5) is 27.9. The van der Waals surface area contributed by atoms with Gasteiger partial charge in [0.2, 0.25) is 5.78 Å². The first-order valence-electron chi connectivity index (χ1n) is 10.9. The minimum atomic E-state index is -0.514. The van der Waals surface area contributed by atoms with Crippen molar-refractivity contribution >= 4 is 17.2 Å². The molecule has 0 bridgehead atoms. The Morgan fingerprint density at radius 3 is 2.82 bits per heavy atom. The van der Waals surface area contributed by atoms with Gasteiger partial charge in [0.15, 0.2) is 17.3 Å². The Labute approximate surface area is 196 Å². The summed E-state index contributed by atoms with van der Waals surface area (Å²) in [5.74, 6) is 1.02. The quantitative estimate of drug-likeness (QED) is 0.273. The van der Waals surface area contributed by atoms with E-state index in [-0.39, 0.29) is 29.0 Å². The van der Waals surface area contributed by atoms with Crippen molar-refractivity contribution < 1.29 is 23.9 Å². The SMILES string of the molecule is COc1cc(CNc2ccc(C(=O)c3nccn3C)cc2[N+](=O)[O-])ccc1OCC1CCCO1. The van der Waals surface area contributed by atoms with Gasteiger partial charge in [-0.1, -0.05) is 6.07 Å². The van der Waals surface area contributed by atoms with Crippen LogP contribution in [0.3, 0.4) is 0 Å². The van der Waals surface area contributed by atoms with E-state index >= 15 is 0 Å². The topological polar surface area (TPSA) is 118 Å². The smallest absolute Gasteiger partial charge is 0.293 e. The van der Waals surface area contributed by atoms with Crippen LogP contribution >= 0.6 is 0 Å². The monoisotopic (exact) mass is 466 g/mol. The summed E-state index contributed by atoms with van der Waals surface area (Å²) in [6.45, 7) is 1.54. The van der Waals surface area contributed by atoms with Crippen LogP contribution in [0.2, 0.25) is 0 Å². The van der Waals surface area contributed by atoms with Crippen LogP contribution in [0.4, 0.5) is 11.4 Å². The molecule has 1 N–H and O–H groups in total. The number of anilines is 1. The van der Waals surface area contributed by atoms with Crippen LogP contribution in [0, 0.1) is 10.1 Å². The predicted molar refractivity (Wildman–Crippen MR) is 125 cm³/mol. The number of aryl methyl sites for hydroxylation is 1. The van der Waals surface area contributed by atoms with E-state index in [0.29, 0.717) is 30.3 Å². The third kappa shape index (κ3) is 5.18. The van der Waals surface area contributed by atoms with Crippen molar-refractivity contribution in [1.82, 2.24) is 9.55 Å². The van der Waals surface area contributed by atoms with Crippen LogP contribution in [0.5, 0.6) is 11.5 Å². The number of ether oxygens (including phenoxy) is 3. The summed E-state index contributed by atoms with van der Waals surface area (Å²) in [6.07, 6.45) is 5.27. The van der Waals surface area contributed by atoms with Crippen molar-refractivity contribution in [2.24, 2.45) is 7.05 Å². The standard InChI is InChI=1S/C24H26N4O6/c1-27-10-9-25-24(27)23(29)17-6-7-19(20(13-17)28(30)31)26-14-16-5-8-21(22(12-16)32-2)34-15-18-4-3-11-33-18/h5-10,12-13,18,26H,3-4,11,14-15H2,1-2H3. The minimum absolute atomic E-state index is 0.0962. The van der Waals surface area contributed by atoms with Crippen LogP contribution in [0.25, 0.3) is 0 Å². The van der Waals surface area contributed by atoms with Crippen LogP contribution in [0.1, 0.15) is 34.6 Å². The number of hydrogen-bond acceptors (Lipinski definition) is 8. The number of imidazole rings is 1. The third-order valence-corrected chi connectivity index (χ3v) is 5.64. The summed E-state index contributed by atoms with van der Waals surface area (Å²) >= 11 is 0. The molecular weight excluding hydrogens is 440 g/mol. The van der Waals surface area contributed by atoms with Crippen molar-refractivity contribution in [2.45, 2.75) is 25.5 Å². The Kier molecular flexibility index (Phi) is 7.07. The van der Waals surface area contributed by atoms with Gasteiger partial charge in [0, 0.05) is 44.2 Å². The molecule has 1 fully saturated rings. The number of nitrogens with zero attached hydrogens (tertiary/aromatic N) is 3. The van der Waals surface area contributed by atoms with Gasteiger partial charge in [-0.25, -0.2) is 4.98 Å². The summed E-state index contributed by atoms with van der Waals surface area (Å²) in [6, 6.07) is 9.85. The van der Waals surface area contributed by atoms with Gasteiger partial charge < -0.3 is 24.1 Å². The minimum Gasteiger partial charge on any atom is -0.493 e. The highest BCUT2D eigenvalue weighted by Crippen LogP contribution is 2.31. The van der Waals surface area contributed by atoms with Gasteiger partial charge in [-0.2, -0.15) is 0 Å². The lowest BCUT2D eigenvalue weighted by atomic mass is 10.1. The number of ketones is 1. The molecule has 0 amide bonds. The Bertz CT molecular complexity index is 1190. The van der Waals surface area contributed by atoms with Crippen LogP contribution < -0.4 is 14.8 Å². The van der Waals surface area contributed by atoms with E-state index < -0.39 is 4.92 Å². The number of methoxy groups -OCH3 is 1. The van der Waals surface area contributed by atoms with E-state index in [1.54, 1.807) is 31.0 Å². The summed E-state index contributed by atoms with van der Waals surface area (Å²) in [5, 5.41) is 14.8. The molecule has 4 rings (SSSR count). The lowest BCUT2D eigenvalue weighted by Crippen LogP contribution is -2.16. The second-order valence-corrected chi connectivity index (χ2v) is 7.96. The number of nitro benzene ring substituents is 1. The molecule has 2 heterocycles. The number of benzene rings is 2. The fraction of sp³-hybridized carbons (Fsp3) is 0.333. The fourth-order valence-corrected chi connectivity index (χ4v) is 3.78. The second kappa shape index (κ2) is 10.3. The Balaban J connectivity index is 1.46. The number of aromatic nitrogens is 2. The summed E-state index contributed by atoms with van der Waals surface area (Å²) in [7, 11) is 3.26. The highest BCUT2D eigenvalue weighted by molar-refractivity contribution is 6.07. The Hall–Kier alpha value is -3.92. The summed E-state index contributed by atoms with van der Waals surface area (Å²) in [5.41, 5.74) is 1.16. The molecule has 1 atom stereocenters. The molecule has 0 spiro atoms. The number of rotatable bonds is 10. The van der Waals surface area contributed by atoms with Crippen molar-refractivity contribution in [3.63, 3.8) is 0 Å². The van der Waals surface area contributed by atoms with E-state index in [9.17, 15) is 14.9 Å². The van der Waals surface area contributed by atoms with E-state index in [2.05, 4.69) is 10.3 Å². The van der Waals surface area contributed by atoms with Gasteiger partial charge in [-0.05, 0) is 42.7 Å². The molecule has 3 aromatic rings. The van der Waals surface area contributed by atoms with E-state index in [1.165, 1.54) is 18.3 Å². The van der Waals surface area contributed by atoms with Crippen molar-refractivity contribution in [3.05, 3.63) is 75.9 Å². The molecule has 2 aromatic carbocycles. The molecule has 0 saturated carbocycles. The maximum Gasteiger partial charge on any atom is 0.293 e. The normalized spacial score (nSPS) is 15.2. The Morgan fingerprint density at radius 1 is 1.29 bits per heavy atom. The largest absolute Gasteiger partial charge is 0.493 e. The molecule has 34 heavy (non-hydrogen) atoms. The van der Waals surface area contributed by atoms with E-state index in [0.717, 1.165) is 25.0 Å². The van der Waals surface area contributed by atoms with Crippen LogP contribution in [-0.4, -0.2) is 46.7 Å². The van der Waals surface area contributed by atoms with Gasteiger partial charge in [-0.3, -0.25) is 14.9 Å². The molecule has 178 valence electrons. The molecule has 1 aromatic heterocycles. The molecule has 1 aliphatic heterocycles. The number of carbonyl (C=O) groups excluding carboxylic acids is 1. The zero-order valence-corrected chi connectivity index (χ0v) is 19.0. The van der Waals surface area contributed by atoms with Crippen LogP contribution in [-0.2, 0) is 18.3 Å². The first-order valence-corrected chi connectivity index (χ1v) is 10.9. The first kappa shape index (κ1) is 23.2. The number of nitro groups is 1. The average Bonchev–Trinajstić information content (AvgIpc) is 3.52. The molecule has 10 nitrogen and oxygen atoms in total. The molecule has 1 aliphatic rings. The number of hydrogen-bond donors (Lipinski definition) is 1. The molecule has 0 aliphatic carbocycles. The zero-order valence-electron chi connectivity index (χ0n) is 19.0. The predicted octanol–water partition coefficient (Wildman–Crippen LogP) is 3.74. The van der Waals surface area contributed by atoms with Crippen molar-refractivity contribution in [3.8, 4) is 11.5 Å². The number of nitrogens with one attached hydrogen (secondary N) is 1. The maximum absolute atomic E-state index is 12.7. The lowest BCUT2D eigenvalue weighted by Gasteiger charge is -2.15. The van der Waals surface area contributed by atoms with Gasteiger partial charge in [0.05, 0.1) is 18.1 Å². The molecule has 1 saturated heterocycles. The number of carbonyl (C=O) groups is 1. The third-order valence-electron chi connectivity index (χ3n) is 5.64. The molecule has 10 heteroatoms. The van der Waals surface area contributed by atoms with E-state index in [1.807, 2.05) is 18.2 Å². The molecular formula is C24H26N4O6. The van der Waals surface area contributed by atoms with Crippen LogP contribution in [0.15, 0.2) is 48.8 Å². The maximum atomic E-state index is 12.7. The zero-order chi connectivity index (χ0) is 24.1. The van der Waals surface area contributed by atoms with Gasteiger partial charge in [0.25, 0.3) is 5.69 Å². The van der Waals surface area contributed by atoms with Gasteiger partial charge in [-0.15, -0.1) is 0 Å². The fourth-order valence-electron chi connectivity index (χ4n) is 3.78. The highest BCUT2D eigenvalue weighted by atomic mass is 16.6. The highest BCUT2D eigenvalue weighted by Gasteiger charge is 2.21. The molecule has 1 unspecified atom stereocenters. The summed E-state index contributed by atoms with van der Waals surface area (Å²) < 4.78 is 18.5. The van der Waals surface area contributed by atoms with Gasteiger partial charge in [0.1, 0.15) is 12.3 Å². The van der Waals surface area contributed by atoms with E-state index in [4.69, 9.17) is 14.2 Å². The second-order valence-electron chi connectivity index (χ2n) is 7.96. The van der Waals surface area contributed by atoms with Crippen molar-refractivity contribution in [1.29, 1.82) is 0 Å². The molecule has 0 radical (unpaired) electrons. The van der Waals surface area contributed by atoms with Crippen molar-refractivity contribution in [2.75, 3.05) is 25.6 Å². The lowest BCUT2D eigenvalue weighted by molar-refractivity contribution is -0.384. The Morgan fingerprint density at radius 2 is 2.15 bits per heavy atom. The van der Waals surface area contributed by atoms with Gasteiger partial charge >= 0.3 is 0 Å². The average molecular weight is 466 g/mol.